The lowest BCUT2D eigenvalue weighted by Crippen LogP contribution is -1.93. The fraction of sp³-hybridized carbons (Fsp3) is 0.0435. The Morgan fingerprint density at radius 3 is 1.86 bits per heavy atom. The number of sulfone groups is 1. The van der Waals surface area contributed by atoms with Crippen LogP contribution in [0, 0.1) is 0 Å². The summed E-state index contributed by atoms with van der Waals surface area (Å²) in [6.07, 6.45) is 2.87. The zero-order valence-electron chi connectivity index (χ0n) is 14.9. The number of furan rings is 2. The van der Waals surface area contributed by atoms with Gasteiger partial charge < -0.3 is 8.83 Å². The number of hydrogen-bond donors (Lipinski definition) is 0. The molecule has 0 bridgehead atoms. The second-order valence-corrected chi connectivity index (χ2v) is 9.09. The number of fused-ring (bicyclic) bond motifs is 9. The predicted molar refractivity (Wildman–Crippen MR) is 112 cm³/mol. The Bertz CT molecular complexity index is 1680. The van der Waals surface area contributed by atoms with Gasteiger partial charge in [0.2, 0.25) is 14.9 Å². The zero-order chi connectivity index (χ0) is 19.0. The van der Waals surface area contributed by atoms with Crippen LogP contribution < -0.4 is 0 Å². The predicted octanol–water partition coefficient (Wildman–Crippen LogP) is 6.04. The van der Waals surface area contributed by atoms with Crippen molar-refractivity contribution in [3.05, 3.63) is 66.9 Å². The number of hydrogen-bond acceptors (Lipinski definition) is 4. The third-order valence-corrected chi connectivity index (χ3v) is 6.36. The van der Waals surface area contributed by atoms with E-state index in [2.05, 4.69) is 30.3 Å². The third-order valence-electron chi connectivity index (χ3n) is 5.43. The third kappa shape index (κ3) is 2.02. The molecular weight excluding hydrogens is 372 g/mol. The highest BCUT2D eigenvalue weighted by atomic mass is 32.2. The van der Waals surface area contributed by atoms with E-state index in [-0.39, 0.29) is 5.09 Å². The van der Waals surface area contributed by atoms with E-state index in [4.69, 9.17) is 8.83 Å². The molecule has 0 unspecified atom stereocenters. The molecule has 0 N–H and O–H groups in total. The van der Waals surface area contributed by atoms with Gasteiger partial charge in [0.1, 0.15) is 11.2 Å². The van der Waals surface area contributed by atoms with E-state index in [9.17, 15) is 8.42 Å². The Morgan fingerprint density at radius 1 is 0.643 bits per heavy atom. The van der Waals surface area contributed by atoms with Gasteiger partial charge >= 0.3 is 0 Å². The molecule has 0 amide bonds. The van der Waals surface area contributed by atoms with Crippen molar-refractivity contribution in [1.29, 1.82) is 0 Å². The van der Waals surface area contributed by atoms with E-state index in [1.807, 2.05) is 24.3 Å². The van der Waals surface area contributed by atoms with E-state index >= 15 is 0 Å². The molecule has 4 aromatic carbocycles. The largest absolute Gasteiger partial charge is 0.464 e. The van der Waals surface area contributed by atoms with Crippen molar-refractivity contribution >= 4 is 64.1 Å². The van der Waals surface area contributed by atoms with Gasteiger partial charge in [0.05, 0.1) is 6.26 Å². The van der Waals surface area contributed by atoms with Crippen LogP contribution in [0.5, 0.6) is 0 Å². The van der Waals surface area contributed by atoms with Crippen LogP contribution in [0.2, 0.25) is 0 Å². The average Bonchev–Trinajstić information content (AvgIpc) is 3.33. The molecule has 6 aromatic rings. The summed E-state index contributed by atoms with van der Waals surface area (Å²) >= 11 is 0. The molecule has 6 rings (SSSR count). The molecule has 2 heterocycles. The molecule has 28 heavy (non-hydrogen) atoms. The highest BCUT2D eigenvalue weighted by molar-refractivity contribution is 7.90. The van der Waals surface area contributed by atoms with Gasteiger partial charge in [-0.1, -0.05) is 36.4 Å². The van der Waals surface area contributed by atoms with Crippen LogP contribution in [0.3, 0.4) is 0 Å². The molecule has 0 aliphatic carbocycles. The van der Waals surface area contributed by atoms with Crippen molar-refractivity contribution in [2.45, 2.75) is 5.09 Å². The van der Waals surface area contributed by atoms with Gasteiger partial charge in [-0.05, 0) is 39.7 Å². The van der Waals surface area contributed by atoms with E-state index in [0.29, 0.717) is 5.58 Å². The second kappa shape index (κ2) is 5.14. The van der Waals surface area contributed by atoms with Gasteiger partial charge in [0.15, 0.2) is 0 Å². The lowest BCUT2D eigenvalue weighted by molar-refractivity contribution is 0.486. The van der Waals surface area contributed by atoms with Gasteiger partial charge in [-0.15, -0.1) is 0 Å². The summed E-state index contributed by atoms with van der Waals surface area (Å²) in [4.78, 5) is 0. The average molecular weight is 386 g/mol. The SMILES string of the molecule is CS(=O)(=O)c1cc2ccc3c4ccc5c(ccc6ccoc65)c4ccc3c2o1. The van der Waals surface area contributed by atoms with Crippen molar-refractivity contribution < 1.29 is 17.3 Å². The van der Waals surface area contributed by atoms with E-state index in [0.717, 1.165) is 54.9 Å². The Kier molecular flexibility index (Phi) is 2.89. The zero-order valence-corrected chi connectivity index (χ0v) is 15.7. The molecular formula is C23H14O4S. The van der Waals surface area contributed by atoms with Crippen LogP contribution in [-0.4, -0.2) is 14.7 Å². The molecule has 0 aliphatic rings. The van der Waals surface area contributed by atoms with Crippen molar-refractivity contribution in [3.63, 3.8) is 0 Å². The minimum Gasteiger partial charge on any atom is -0.464 e. The molecule has 0 atom stereocenters. The van der Waals surface area contributed by atoms with Crippen molar-refractivity contribution in [2.75, 3.05) is 6.26 Å². The molecule has 0 saturated carbocycles. The maximum atomic E-state index is 11.9. The maximum Gasteiger partial charge on any atom is 0.219 e. The van der Waals surface area contributed by atoms with Gasteiger partial charge in [-0.2, -0.15) is 0 Å². The molecule has 0 radical (unpaired) electrons. The highest BCUT2D eigenvalue weighted by Crippen LogP contribution is 2.38. The fourth-order valence-corrected chi connectivity index (χ4v) is 4.70. The summed E-state index contributed by atoms with van der Waals surface area (Å²) in [5, 5.41) is 8.20. The first kappa shape index (κ1) is 15.7. The topological polar surface area (TPSA) is 60.4 Å². The first-order valence-electron chi connectivity index (χ1n) is 8.89. The summed E-state index contributed by atoms with van der Waals surface area (Å²) < 4.78 is 35.2. The van der Waals surface area contributed by atoms with Crippen LogP contribution in [-0.2, 0) is 9.84 Å². The van der Waals surface area contributed by atoms with Gasteiger partial charge in [-0.25, -0.2) is 8.42 Å². The molecule has 5 heteroatoms. The molecule has 0 fully saturated rings. The van der Waals surface area contributed by atoms with Crippen LogP contribution in [0.4, 0.5) is 0 Å². The Hall–Kier alpha value is -3.31. The molecule has 136 valence electrons. The van der Waals surface area contributed by atoms with Crippen molar-refractivity contribution in [1.82, 2.24) is 0 Å². The lowest BCUT2D eigenvalue weighted by atomic mass is 9.96. The number of rotatable bonds is 1. The Labute approximate surface area is 159 Å². The molecule has 2 aromatic heterocycles. The van der Waals surface area contributed by atoms with Crippen LogP contribution in [0.25, 0.3) is 54.3 Å². The first-order chi connectivity index (χ1) is 13.5. The monoisotopic (exact) mass is 386 g/mol. The smallest absolute Gasteiger partial charge is 0.219 e. The summed E-state index contributed by atoms with van der Waals surface area (Å²) in [6.45, 7) is 0. The second-order valence-electron chi connectivity index (χ2n) is 7.14. The summed E-state index contributed by atoms with van der Waals surface area (Å²) in [5.74, 6) is 0. The fourth-order valence-electron chi connectivity index (χ4n) is 4.12. The first-order valence-corrected chi connectivity index (χ1v) is 10.8. The Morgan fingerprint density at radius 2 is 1.18 bits per heavy atom. The summed E-state index contributed by atoms with van der Waals surface area (Å²) in [6, 6.07) is 19.9. The van der Waals surface area contributed by atoms with Gasteiger partial charge in [-0.3, -0.25) is 0 Å². The van der Waals surface area contributed by atoms with Crippen LogP contribution in [0.15, 0.2) is 80.9 Å². The quantitative estimate of drug-likeness (QED) is 0.323. The minimum atomic E-state index is -3.40. The molecule has 0 aliphatic heterocycles. The lowest BCUT2D eigenvalue weighted by Gasteiger charge is -2.08. The summed E-state index contributed by atoms with van der Waals surface area (Å²) in [5.41, 5.74) is 1.49. The van der Waals surface area contributed by atoms with E-state index in [1.165, 1.54) is 0 Å². The van der Waals surface area contributed by atoms with Gasteiger partial charge in [0.25, 0.3) is 0 Å². The number of benzene rings is 4. The van der Waals surface area contributed by atoms with Crippen LogP contribution >= 0.6 is 0 Å². The van der Waals surface area contributed by atoms with Crippen LogP contribution in [0.1, 0.15) is 0 Å². The normalized spacial score (nSPS) is 12.8. The highest BCUT2D eigenvalue weighted by Gasteiger charge is 2.16. The maximum absolute atomic E-state index is 11.9. The van der Waals surface area contributed by atoms with Crippen molar-refractivity contribution in [2.24, 2.45) is 0 Å². The molecule has 4 nitrogen and oxygen atoms in total. The Balaban J connectivity index is 1.76. The standard InChI is InChI=1S/C23H14O4S/c1-28(24,25)21-12-14-3-5-18-16-6-8-19-17(4-2-13-10-11-26-22(13)19)15(16)7-9-20(18)23(14)27-21/h2-12H,1H3. The summed E-state index contributed by atoms with van der Waals surface area (Å²) in [7, 11) is -3.40. The molecule has 0 spiro atoms. The van der Waals surface area contributed by atoms with Crippen molar-refractivity contribution in [3.8, 4) is 0 Å². The van der Waals surface area contributed by atoms with E-state index < -0.39 is 9.84 Å². The molecule has 0 saturated heterocycles. The minimum absolute atomic E-state index is 0.00572. The van der Waals surface area contributed by atoms with Gasteiger partial charge in [0, 0.05) is 33.9 Å². The van der Waals surface area contributed by atoms with E-state index in [1.54, 1.807) is 12.3 Å².